The standard InChI is InChI=1S/C16H20N6S/c1-10-3-12(5-17-4-10)20-15-8-18-6-13(21-15)14-7-19-16-22(14)9-11(2)23-16/h6-10,12,17H,3-5H2,1-2H3,(H,20,21). The summed E-state index contributed by atoms with van der Waals surface area (Å²) >= 11 is 1.68. The molecule has 2 unspecified atom stereocenters. The van der Waals surface area contributed by atoms with Gasteiger partial charge in [-0.25, -0.2) is 9.97 Å². The van der Waals surface area contributed by atoms with Crippen LogP contribution in [0.5, 0.6) is 0 Å². The Balaban J connectivity index is 1.60. The van der Waals surface area contributed by atoms with Gasteiger partial charge >= 0.3 is 0 Å². The Morgan fingerprint density at radius 1 is 1.30 bits per heavy atom. The van der Waals surface area contributed by atoms with E-state index in [1.807, 2.05) is 6.20 Å². The molecule has 0 bridgehead atoms. The molecule has 0 spiro atoms. The minimum absolute atomic E-state index is 0.400. The normalized spacial score (nSPS) is 21.7. The molecule has 3 aromatic heterocycles. The fourth-order valence-corrected chi connectivity index (χ4v) is 3.92. The van der Waals surface area contributed by atoms with Crippen LogP contribution >= 0.6 is 11.3 Å². The molecular formula is C16H20N6S. The molecule has 0 aliphatic carbocycles. The van der Waals surface area contributed by atoms with Gasteiger partial charge in [-0.05, 0) is 25.8 Å². The Hall–Kier alpha value is -1.99. The number of imidazole rings is 1. The highest BCUT2D eigenvalue weighted by atomic mass is 32.1. The van der Waals surface area contributed by atoms with Crippen LogP contribution in [0.1, 0.15) is 18.2 Å². The third kappa shape index (κ3) is 2.94. The van der Waals surface area contributed by atoms with E-state index in [-0.39, 0.29) is 0 Å². The minimum Gasteiger partial charge on any atom is -0.365 e. The molecule has 7 heteroatoms. The van der Waals surface area contributed by atoms with Crippen molar-refractivity contribution < 1.29 is 0 Å². The first kappa shape index (κ1) is 14.6. The van der Waals surface area contributed by atoms with Gasteiger partial charge in [0.25, 0.3) is 0 Å². The quantitative estimate of drug-likeness (QED) is 0.773. The molecule has 6 nitrogen and oxygen atoms in total. The maximum absolute atomic E-state index is 4.74. The molecule has 1 aliphatic heterocycles. The lowest BCUT2D eigenvalue weighted by atomic mass is 9.98. The van der Waals surface area contributed by atoms with E-state index in [0.717, 1.165) is 41.7 Å². The van der Waals surface area contributed by atoms with Crippen molar-refractivity contribution in [2.45, 2.75) is 26.3 Å². The van der Waals surface area contributed by atoms with E-state index in [1.54, 1.807) is 23.7 Å². The monoisotopic (exact) mass is 328 g/mol. The van der Waals surface area contributed by atoms with Crippen LogP contribution in [0.3, 0.4) is 0 Å². The van der Waals surface area contributed by atoms with Gasteiger partial charge < -0.3 is 10.6 Å². The van der Waals surface area contributed by atoms with Crippen molar-refractivity contribution in [1.82, 2.24) is 24.7 Å². The second kappa shape index (κ2) is 5.90. The molecule has 0 saturated carbocycles. The number of hydrogen-bond donors (Lipinski definition) is 2. The predicted octanol–water partition coefficient (Wildman–Crippen LogP) is 2.57. The van der Waals surface area contributed by atoms with Crippen LogP contribution in [-0.4, -0.2) is 38.5 Å². The molecule has 1 fully saturated rings. The molecule has 2 N–H and O–H groups in total. The summed E-state index contributed by atoms with van der Waals surface area (Å²) in [5, 5.41) is 6.95. The van der Waals surface area contributed by atoms with Gasteiger partial charge in [-0.2, -0.15) is 0 Å². The third-order valence-electron chi connectivity index (χ3n) is 4.15. The topological polar surface area (TPSA) is 67.1 Å². The largest absolute Gasteiger partial charge is 0.365 e. The van der Waals surface area contributed by atoms with Crippen LogP contribution < -0.4 is 10.6 Å². The number of fused-ring (bicyclic) bond motifs is 1. The molecule has 0 radical (unpaired) electrons. The Morgan fingerprint density at radius 3 is 3.09 bits per heavy atom. The molecule has 1 aliphatic rings. The first-order valence-electron chi connectivity index (χ1n) is 7.92. The first-order valence-corrected chi connectivity index (χ1v) is 8.74. The van der Waals surface area contributed by atoms with Gasteiger partial charge in [0, 0.05) is 23.7 Å². The number of anilines is 1. The minimum atomic E-state index is 0.400. The average molecular weight is 328 g/mol. The van der Waals surface area contributed by atoms with Crippen LogP contribution in [0.25, 0.3) is 16.3 Å². The lowest BCUT2D eigenvalue weighted by Crippen LogP contribution is -2.42. The highest BCUT2D eigenvalue weighted by molar-refractivity contribution is 7.17. The number of thiazole rings is 1. The fraction of sp³-hybridized carbons (Fsp3) is 0.438. The van der Waals surface area contributed by atoms with Crippen LogP contribution in [0, 0.1) is 12.8 Å². The van der Waals surface area contributed by atoms with Gasteiger partial charge in [0.05, 0.1) is 24.3 Å². The zero-order valence-corrected chi connectivity index (χ0v) is 14.1. The van der Waals surface area contributed by atoms with E-state index < -0.39 is 0 Å². The van der Waals surface area contributed by atoms with E-state index in [0.29, 0.717) is 12.0 Å². The average Bonchev–Trinajstić information content (AvgIpc) is 3.06. The number of hydrogen-bond acceptors (Lipinski definition) is 6. The summed E-state index contributed by atoms with van der Waals surface area (Å²) in [5.41, 5.74) is 1.83. The maximum Gasteiger partial charge on any atom is 0.194 e. The zero-order chi connectivity index (χ0) is 15.8. The van der Waals surface area contributed by atoms with Crippen molar-refractivity contribution in [3.05, 3.63) is 29.7 Å². The summed E-state index contributed by atoms with van der Waals surface area (Å²) in [7, 11) is 0. The van der Waals surface area contributed by atoms with Gasteiger partial charge in [-0.15, -0.1) is 11.3 Å². The molecule has 4 heterocycles. The molecule has 3 aromatic rings. The van der Waals surface area contributed by atoms with Crippen molar-refractivity contribution in [2.24, 2.45) is 5.92 Å². The highest BCUT2D eigenvalue weighted by Gasteiger charge is 2.19. The SMILES string of the molecule is Cc1cn2c(-c3cncc(NC4CNCC(C)C4)n3)cnc2s1. The van der Waals surface area contributed by atoms with Crippen molar-refractivity contribution in [2.75, 3.05) is 18.4 Å². The molecule has 0 aromatic carbocycles. The lowest BCUT2D eigenvalue weighted by Gasteiger charge is -2.28. The van der Waals surface area contributed by atoms with Gasteiger partial charge in [-0.3, -0.25) is 9.38 Å². The fourth-order valence-electron chi connectivity index (χ4n) is 3.12. The summed E-state index contributed by atoms with van der Waals surface area (Å²) in [6.07, 6.45) is 8.70. The second-order valence-corrected chi connectivity index (χ2v) is 7.48. The molecule has 2 atom stereocenters. The third-order valence-corrected chi connectivity index (χ3v) is 5.06. The van der Waals surface area contributed by atoms with Crippen molar-refractivity contribution in [3.8, 4) is 11.4 Å². The van der Waals surface area contributed by atoms with Crippen molar-refractivity contribution in [3.63, 3.8) is 0 Å². The maximum atomic E-state index is 4.74. The molecule has 120 valence electrons. The van der Waals surface area contributed by atoms with Crippen molar-refractivity contribution in [1.29, 1.82) is 0 Å². The molecule has 1 saturated heterocycles. The number of rotatable bonds is 3. The van der Waals surface area contributed by atoms with E-state index >= 15 is 0 Å². The van der Waals surface area contributed by atoms with Gasteiger partial charge in [0.2, 0.25) is 0 Å². The Morgan fingerprint density at radius 2 is 2.22 bits per heavy atom. The number of aryl methyl sites for hydroxylation is 1. The summed E-state index contributed by atoms with van der Waals surface area (Å²) in [6.45, 7) is 6.42. The summed E-state index contributed by atoms with van der Waals surface area (Å²) in [6, 6.07) is 0.400. The molecule has 23 heavy (non-hydrogen) atoms. The van der Waals surface area contributed by atoms with E-state index in [2.05, 4.69) is 45.0 Å². The Labute approximate surface area is 139 Å². The highest BCUT2D eigenvalue weighted by Crippen LogP contribution is 2.24. The van der Waals surface area contributed by atoms with E-state index in [1.165, 1.54) is 4.88 Å². The van der Waals surface area contributed by atoms with E-state index in [4.69, 9.17) is 4.98 Å². The van der Waals surface area contributed by atoms with Crippen LogP contribution in [0.4, 0.5) is 5.82 Å². The van der Waals surface area contributed by atoms with Crippen LogP contribution in [0.15, 0.2) is 24.8 Å². The van der Waals surface area contributed by atoms with E-state index in [9.17, 15) is 0 Å². The molecule has 4 rings (SSSR count). The lowest BCUT2D eigenvalue weighted by molar-refractivity contribution is 0.377. The molecule has 0 amide bonds. The number of piperidine rings is 1. The predicted molar refractivity (Wildman–Crippen MR) is 92.9 cm³/mol. The van der Waals surface area contributed by atoms with Crippen LogP contribution in [0.2, 0.25) is 0 Å². The summed E-state index contributed by atoms with van der Waals surface area (Å²) < 4.78 is 2.08. The number of nitrogens with one attached hydrogen (secondary N) is 2. The van der Waals surface area contributed by atoms with Gasteiger partial charge in [-0.1, -0.05) is 6.92 Å². The summed E-state index contributed by atoms with van der Waals surface area (Å²) in [5.74, 6) is 1.51. The summed E-state index contributed by atoms with van der Waals surface area (Å²) in [4.78, 5) is 15.8. The zero-order valence-electron chi connectivity index (χ0n) is 13.3. The van der Waals surface area contributed by atoms with Gasteiger partial charge in [0.15, 0.2) is 4.96 Å². The Kier molecular flexibility index (Phi) is 3.74. The van der Waals surface area contributed by atoms with Crippen LogP contribution in [-0.2, 0) is 0 Å². The molecular weight excluding hydrogens is 308 g/mol. The second-order valence-electron chi connectivity index (χ2n) is 6.27. The van der Waals surface area contributed by atoms with Gasteiger partial charge in [0.1, 0.15) is 11.5 Å². The smallest absolute Gasteiger partial charge is 0.194 e. The van der Waals surface area contributed by atoms with Crippen molar-refractivity contribution >= 4 is 22.1 Å². The number of nitrogens with zero attached hydrogens (tertiary/aromatic N) is 4. The number of aromatic nitrogens is 4. The Bertz CT molecular complexity index is 823. The first-order chi connectivity index (χ1) is 11.2.